The molecule has 0 radical (unpaired) electrons. The highest BCUT2D eigenvalue weighted by molar-refractivity contribution is 7.07. The fourth-order valence-electron chi connectivity index (χ4n) is 1.78. The van der Waals surface area contributed by atoms with Gasteiger partial charge >= 0.3 is 0 Å². The van der Waals surface area contributed by atoms with Gasteiger partial charge in [0.15, 0.2) is 0 Å². The van der Waals surface area contributed by atoms with Gasteiger partial charge < -0.3 is 19.5 Å². The predicted octanol–water partition coefficient (Wildman–Crippen LogP) is 3.25. The Bertz CT molecular complexity index is 319. The largest absolute Gasteiger partial charge is 0.379 e. The second-order valence-corrected chi connectivity index (χ2v) is 5.70. The van der Waals surface area contributed by atoms with Crippen LogP contribution in [0, 0.1) is 0 Å². The van der Waals surface area contributed by atoms with Gasteiger partial charge in [-0.05, 0) is 35.7 Å². The minimum absolute atomic E-state index is 0.386. The molecular formula is C16H29NO3S. The molecule has 1 atom stereocenters. The van der Waals surface area contributed by atoms with Gasteiger partial charge in [-0.15, -0.1) is 0 Å². The van der Waals surface area contributed by atoms with Crippen LogP contribution < -0.4 is 5.32 Å². The molecule has 0 saturated heterocycles. The third-order valence-corrected chi connectivity index (χ3v) is 3.83. The van der Waals surface area contributed by atoms with Crippen LogP contribution in [0.3, 0.4) is 0 Å². The first-order chi connectivity index (χ1) is 10.3. The van der Waals surface area contributed by atoms with Crippen LogP contribution in [0.1, 0.15) is 38.3 Å². The summed E-state index contributed by atoms with van der Waals surface area (Å²) in [4.78, 5) is 0. The predicted molar refractivity (Wildman–Crippen MR) is 88.1 cm³/mol. The highest BCUT2D eigenvalue weighted by Crippen LogP contribution is 2.14. The van der Waals surface area contributed by atoms with Crippen LogP contribution in [0.5, 0.6) is 0 Å². The summed E-state index contributed by atoms with van der Waals surface area (Å²) in [6.07, 6.45) is 2.30. The minimum Gasteiger partial charge on any atom is -0.379 e. The van der Waals surface area contributed by atoms with E-state index >= 15 is 0 Å². The lowest BCUT2D eigenvalue weighted by Gasteiger charge is -2.12. The van der Waals surface area contributed by atoms with Crippen molar-refractivity contribution in [1.29, 1.82) is 0 Å². The van der Waals surface area contributed by atoms with Crippen molar-refractivity contribution in [2.24, 2.45) is 0 Å². The van der Waals surface area contributed by atoms with Crippen LogP contribution in [0.2, 0.25) is 0 Å². The zero-order chi connectivity index (χ0) is 15.2. The number of hydrogen-bond acceptors (Lipinski definition) is 5. The zero-order valence-corrected chi connectivity index (χ0v) is 14.1. The molecule has 0 amide bonds. The molecule has 0 bridgehead atoms. The summed E-state index contributed by atoms with van der Waals surface area (Å²) in [5, 5.41) is 7.72. The highest BCUT2D eigenvalue weighted by atomic mass is 32.1. The first kappa shape index (κ1) is 18.6. The number of nitrogens with one attached hydrogen (secondary N) is 1. The standard InChI is InChI=1S/C16H29NO3S/c1-3-4-7-18-9-11-20-12-10-19-8-6-17-15(2)16-5-13-21-14-16/h5,13-15,17H,3-4,6-12H2,1-2H3. The van der Waals surface area contributed by atoms with Crippen LogP contribution in [-0.4, -0.2) is 46.2 Å². The van der Waals surface area contributed by atoms with E-state index in [-0.39, 0.29) is 0 Å². The monoisotopic (exact) mass is 315 g/mol. The summed E-state index contributed by atoms with van der Waals surface area (Å²) < 4.78 is 16.4. The van der Waals surface area contributed by atoms with E-state index in [0.29, 0.717) is 39.1 Å². The number of rotatable bonds is 14. The van der Waals surface area contributed by atoms with Crippen molar-refractivity contribution in [3.63, 3.8) is 0 Å². The zero-order valence-electron chi connectivity index (χ0n) is 13.3. The number of hydrogen-bond donors (Lipinski definition) is 1. The smallest absolute Gasteiger partial charge is 0.0701 e. The molecule has 122 valence electrons. The van der Waals surface area contributed by atoms with E-state index in [1.165, 1.54) is 12.0 Å². The molecule has 0 spiro atoms. The van der Waals surface area contributed by atoms with Gasteiger partial charge in [0.2, 0.25) is 0 Å². The molecule has 21 heavy (non-hydrogen) atoms. The summed E-state index contributed by atoms with van der Waals surface area (Å²) in [6, 6.07) is 2.54. The molecule has 1 N–H and O–H groups in total. The van der Waals surface area contributed by atoms with Crippen LogP contribution in [0.25, 0.3) is 0 Å². The van der Waals surface area contributed by atoms with Gasteiger partial charge in [0.25, 0.3) is 0 Å². The van der Waals surface area contributed by atoms with Crippen LogP contribution in [-0.2, 0) is 14.2 Å². The van der Waals surface area contributed by atoms with Crippen molar-refractivity contribution >= 4 is 11.3 Å². The minimum atomic E-state index is 0.386. The number of thiophene rings is 1. The van der Waals surface area contributed by atoms with Crippen molar-refractivity contribution in [2.45, 2.75) is 32.7 Å². The number of unbranched alkanes of at least 4 members (excludes halogenated alkanes) is 1. The maximum atomic E-state index is 5.52. The van der Waals surface area contributed by atoms with Crippen molar-refractivity contribution in [3.05, 3.63) is 22.4 Å². The first-order valence-electron chi connectivity index (χ1n) is 7.83. The lowest BCUT2D eigenvalue weighted by Crippen LogP contribution is -2.23. The van der Waals surface area contributed by atoms with Crippen LogP contribution >= 0.6 is 11.3 Å². The van der Waals surface area contributed by atoms with Crippen molar-refractivity contribution in [2.75, 3.05) is 46.2 Å². The summed E-state index contributed by atoms with van der Waals surface area (Å²) in [7, 11) is 0. The molecule has 5 heteroatoms. The van der Waals surface area contributed by atoms with Crippen LogP contribution in [0.4, 0.5) is 0 Å². The lowest BCUT2D eigenvalue weighted by molar-refractivity contribution is 0.0144. The Morgan fingerprint density at radius 1 is 1.05 bits per heavy atom. The fourth-order valence-corrected chi connectivity index (χ4v) is 2.53. The van der Waals surface area contributed by atoms with E-state index in [9.17, 15) is 0 Å². The highest BCUT2D eigenvalue weighted by Gasteiger charge is 2.03. The van der Waals surface area contributed by atoms with Gasteiger partial charge in [0.1, 0.15) is 0 Å². The molecule has 1 aromatic rings. The second kappa shape index (κ2) is 13.2. The Balaban J connectivity index is 1.78. The fraction of sp³-hybridized carbons (Fsp3) is 0.750. The van der Waals surface area contributed by atoms with Crippen molar-refractivity contribution in [3.8, 4) is 0 Å². The summed E-state index contributed by atoms with van der Waals surface area (Å²) in [6.45, 7) is 9.35. The third-order valence-electron chi connectivity index (χ3n) is 3.13. The van der Waals surface area contributed by atoms with E-state index in [1.54, 1.807) is 11.3 Å². The molecule has 0 aliphatic rings. The molecule has 0 fully saturated rings. The Morgan fingerprint density at radius 3 is 2.33 bits per heavy atom. The molecule has 1 unspecified atom stereocenters. The van der Waals surface area contributed by atoms with E-state index in [0.717, 1.165) is 19.6 Å². The Hall–Kier alpha value is -0.460. The Morgan fingerprint density at radius 2 is 1.71 bits per heavy atom. The molecule has 1 heterocycles. The topological polar surface area (TPSA) is 39.7 Å². The first-order valence-corrected chi connectivity index (χ1v) is 8.77. The van der Waals surface area contributed by atoms with Gasteiger partial charge in [-0.3, -0.25) is 0 Å². The molecule has 0 aliphatic heterocycles. The van der Waals surface area contributed by atoms with Gasteiger partial charge in [0.05, 0.1) is 33.0 Å². The van der Waals surface area contributed by atoms with E-state index < -0.39 is 0 Å². The third kappa shape index (κ3) is 9.98. The van der Waals surface area contributed by atoms with Crippen molar-refractivity contribution in [1.82, 2.24) is 5.32 Å². The van der Waals surface area contributed by atoms with E-state index in [2.05, 4.69) is 36.0 Å². The Kier molecular flexibility index (Phi) is 11.7. The van der Waals surface area contributed by atoms with Gasteiger partial charge in [0, 0.05) is 19.2 Å². The molecule has 1 rings (SSSR count). The quantitative estimate of drug-likeness (QED) is 0.535. The summed E-state index contributed by atoms with van der Waals surface area (Å²) in [5.41, 5.74) is 1.34. The molecule has 0 saturated carbocycles. The second-order valence-electron chi connectivity index (χ2n) is 4.92. The normalized spacial score (nSPS) is 12.7. The van der Waals surface area contributed by atoms with E-state index in [1.807, 2.05) is 0 Å². The Labute approximate surface area is 132 Å². The van der Waals surface area contributed by atoms with Gasteiger partial charge in [-0.25, -0.2) is 0 Å². The number of ether oxygens (including phenoxy) is 3. The molecule has 0 aliphatic carbocycles. The molecule has 4 nitrogen and oxygen atoms in total. The molecule has 0 aromatic carbocycles. The maximum Gasteiger partial charge on any atom is 0.0701 e. The molecular weight excluding hydrogens is 286 g/mol. The van der Waals surface area contributed by atoms with Gasteiger partial charge in [-0.1, -0.05) is 13.3 Å². The summed E-state index contributed by atoms with van der Waals surface area (Å²) in [5.74, 6) is 0. The van der Waals surface area contributed by atoms with E-state index in [4.69, 9.17) is 14.2 Å². The van der Waals surface area contributed by atoms with Gasteiger partial charge in [-0.2, -0.15) is 11.3 Å². The van der Waals surface area contributed by atoms with Crippen molar-refractivity contribution < 1.29 is 14.2 Å². The SMILES string of the molecule is CCCCOCCOCCOCCNC(C)c1ccsc1. The molecule has 1 aromatic heterocycles. The maximum absolute atomic E-state index is 5.52. The summed E-state index contributed by atoms with van der Waals surface area (Å²) >= 11 is 1.73. The average molecular weight is 315 g/mol. The van der Waals surface area contributed by atoms with Crippen LogP contribution in [0.15, 0.2) is 16.8 Å². The lowest BCUT2D eigenvalue weighted by atomic mass is 10.2. The average Bonchev–Trinajstić information content (AvgIpc) is 3.02.